The minimum Gasteiger partial charge on any atom is -0.497 e. The zero-order valence-electron chi connectivity index (χ0n) is 16.8. The van der Waals surface area contributed by atoms with E-state index in [2.05, 4.69) is 11.9 Å². The van der Waals surface area contributed by atoms with Crippen molar-refractivity contribution in [1.29, 1.82) is 0 Å². The summed E-state index contributed by atoms with van der Waals surface area (Å²) in [4.78, 5) is 15.6. The molecule has 2 aromatic carbocycles. The lowest BCUT2D eigenvalue weighted by molar-refractivity contribution is -0.144. The summed E-state index contributed by atoms with van der Waals surface area (Å²) < 4.78 is 11.2. The molecule has 0 saturated carbocycles. The molecule has 152 valence electrons. The van der Waals surface area contributed by atoms with Crippen LogP contribution >= 0.6 is 11.6 Å². The van der Waals surface area contributed by atoms with Crippen molar-refractivity contribution < 1.29 is 14.3 Å². The van der Waals surface area contributed by atoms with Gasteiger partial charge in [-0.2, -0.15) is 0 Å². The summed E-state index contributed by atoms with van der Waals surface area (Å²) in [5.41, 5.74) is 2.25. The highest BCUT2D eigenvalue weighted by molar-refractivity contribution is 6.30. The topological polar surface area (TPSA) is 38.8 Å². The number of piperidine rings is 1. The van der Waals surface area contributed by atoms with E-state index in [4.69, 9.17) is 21.1 Å². The zero-order chi connectivity index (χ0) is 20.4. The number of benzene rings is 2. The maximum Gasteiger partial charge on any atom is 0.339 e. The summed E-state index contributed by atoms with van der Waals surface area (Å²) in [6, 6.07) is 16.0. The molecule has 2 aliphatic rings. The molecule has 2 saturated heterocycles. The average Bonchev–Trinajstić information content (AvgIpc) is 2.93. The Labute approximate surface area is 177 Å². The van der Waals surface area contributed by atoms with Gasteiger partial charge in [-0.25, -0.2) is 4.79 Å². The molecule has 4 rings (SSSR count). The van der Waals surface area contributed by atoms with E-state index in [1.54, 1.807) is 19.2 Å². The summed E-state index contributed by atoms with van der Waals surface area (Å²) in [6.45, 7) is 0. The molecule has 0 aromatic heterocycles. The Morgan fingerprint density at radius 3 is 2.24 bits per heavy atom. The van der Waals surface area contributed by atoms with Crippen LogP contribution < -0.4 is 4.74 Å². The third-order valence-electron chi connectivity index (χ3n) is 6.13. The van der Waals surface area contributed by atoms with Crippen molar-refractivity contribution in [1.82, 2.24) is 4.90 Å². The van der Waals surface area contributed by atoms with Crippen LogP contribution in [0.3, 0.4) is 0 Å². The molecule has 0 aliphatic carbocycles. The number of ether oxygens (including phenoxy) is 2. The van der Waals surface area contributed by atoms with Gasteiger partial charge in [-0.1, -0.05) is 35.9 Å². The number of fused-ring (bicyclic) bond motifs is 2. The molecule has 0 amide bonds. The van der Waals surface area contributed by atoms with Gasteiger partial charge in [0.25, 0.3) is 0 Å². The number of carbonyl (C=O) groups excluding carboxylic acids is 1. The van der Waals surface area contributed by atoms with Crippen LogP contribution in [0.1, 0.15) is 36.8 Å². The van der Waals surface area contributed by atoms with Crippen molar-refractivity contribution in [3.8, 4) is 5.75 Å². The van der Waals surface area contributed by atoms with Crippen LogP contribution in [0, 0.1) is 0 Å². The Morgan fingerprint density at radius 2 is 1.66 bits per heavy atom. The third-order valence-corrected chi connectivity index (χ3v) is 6.38. The van der Waals surface area contributed by atoms with Crippen LogP contribution in [-0.2, 0) is 9.53 Å². The summed E-state index contributed by atoms with van der Waals surface area (Å²) in [7, 11) is 3.82. The third kappa shape index (κ3) is 4.49. The largest absolute Gasteiger partial charge is 0.497 e. The number of rotatable bonds is 5. The van der Waals surface area contributed by atoms with Gasteiger partial charge in [-0.3, -0.25) is 0 Å². The van der Waals surface area contributed by atoms with E-state index in [0.717, 1.165) is 29.7 Å². The van der Waals surface area contributed by atoms with Gasteiger partial charge in [0.05, 0.1) is 12.7 Å². The number of halogens is 1. The first kappa shape index (κ1) is 20.0. The van der Waals surface area contributed by atoms with E-state index < -0.39 is 0 Å². The number of hydrogen-bond acceptors (Lipinski definition) is 4. The number of carbonyl (C=O) groups is 1. The molecule has 3 atom stereocenters. The predicted octanol–water partition coefficient (Wildman–Crippen LogP) is 5.06. The molecule has 0 N–H and O–H groups in total. The fraction of sp³-hybridized carbons (Fsp3) is 0.375. The van der Waals surface area contributed by atoms with Crippen molar-refractivity contribution in [2.45, 2.75) is 43.9 Å². The molecule has 2 bridgehead atoms. The molecule has 4 nitrogen and oxygen atoms in total. The lowest BCUT2D eigenvalue weighted by atomic mass is 9.99. The Hall–Kier alpha value is -2.30. The maximum atomic E-state index is 13.2. The molecule has 2 aliphatic heterocycles. The first-order valence-electron chi connectivity index (χ1n) is 10.1. The summed E-state index contributed by atoms with van der Waals surface area (Å²) in [6.07, 6.45) is 6.06. The fourth-order valence-corrected chi connectivity index (χ4v) is 4.56. The Morgan fingerprint density at radius 1 is 1.03 bits per heavy atom. The molecular formula is C24H26ClNO3. The van der Waals surface area contributed by atoms with Crippen LogP contribution in [0.5, 0.6) is 5.75 Å². The minimum absolute atomic E-state index is 0.0252. The van der Waals surface area contributed by atoms with Crippen molar-refractivity contribution >= 4 is 29.2 Å². The van der Waals surface area contributed by atoms with E-state index >= 15 is 0 Å². The lowest BCUT2D eigenvalue weighted by Crippen LogP contribution is -2.43. The van der Waals surface area contributed by atoms with Crippen LogP contribution in [0.4, 0.5) is 0 Å². The zero-order valence-corrected chi connectivity index (χ0v) is 17.6. The first-order valence-corrected chi connectivity index (χ1v) is 10.5. The van der Waals surface area contributed by atoms with Gasteiger partial charge in [-0.15, -0.1) is 0 Å². The highest BCUT2D eigenvalue weighted by atomic mass is 35.5. The minimum atomic E-state index is -0.280. The number of hydrogen-bond donors (Lipinski definition) is 0. The van der Waals surface area contributed by atoms with Crippen molar-refractivity contribution in [3.63, 3.8) is 0 Å². The van der Waals surface area contributed by atoms with Crippen LogP contribution in [-0.4, -0.2) is 43.2 Å². The number of esters is 1. The van der Waals surface area contributed by atoms with Crippen LogP contribution in [0.15, 0.2) is 48.5 Å². The van der Waals surface area contributed by atoms with Gasteiger partial charge in [0.15, 0.2) is 0 Å². The van der Waals surface area contributed by atoms with E-state index in [1.165, 1.54) is 12.8 Å². The molecule has 1 unspecified atom stereocenters. The predicted molar refractivity (Wildman–Crippen MR) is 116 cm³/mol. The highest BCUT2D eigenvalue weighted by Crippen LogP contribution is 2.36. The molecule has 29 heavy (non-hydrogen) atoms. The number of methoxy groups -OCH3 is 1. The molecule has 0 spiro atoms. The second kappa shape index (κ2) is 8.60. The molecule has 5 heteroatoms. The first-order chi connectivity index (χ1) is 14.0. The Balaban J connectivity index is 1.58. The quantitative estimate of drug-likeness (QED) is 0.391. The van der Waals surface area contributed by atoms with E-state index in [1.807, 2.05) is 42.5 Å². The summed E-state index contributed by atoms with van der Waals surface area (Å²) >= 11 is 6.04. The molecule has 2 fully saturated rings. The lowest BCUT2D eigenvalue weighted by Gasteiger charge is -2.35. The molecule has 2 heterocycles. The van der Waals surface area contributed by atoms with Gasteiger partial charge >= 0.3 is 5.97 Å². The normalized spacial score (nSPS) is 24.4. The fourth-order valence-electron chi connectivity index (χ4n) is 4.43. The maximum absolute atomic E-state index is 13.2. The van der Waals surface area contributed by atoms with Gasteiger partial charge in [0.2, 0.25) is 0 Å². The van der Waals surface area contributed by atoms with Crippen molar-refractivity contribution in [2.75, 3.05) is 14.2 Å². The standard InChI is InChI=1S/C24H26ClNO3/c1-26-19-9-10-20(26)15-22(14-19)29-24(27)23(17-5-7-18(25)8-6-17)13-16-3-11-21(28-2)12-4-16/h3-8,11-13,19-20,22H,9-10,14-15H2,1-2H3/b23-13+/t19-,20+,22?. The van der Waals surface area contributed by atoms with E-state index in [-0.39, 0.29) is 12.1 Å². The van der Waals surface area contributed by atoms with E-state index in [0.29, 0.717) is 22.7 Å². The SMILES string of the molecule is COc1ccc(/C=C(/C(=O)OC2C[C@H]3CC[C@@H](C2)N3C)c2ccc(Cl)cc2)cc1. The van der Waals surface area contributed by atoms with Crippen molar-refractivity contribution in [3.05, 3.63) is 64.7 Å². The van der Waals surface area contributed by atoms with Gasteiger partial charge in [0, 0.05) is 29.9 Å². The van der Waals surface area contributed by atoms with Crippen LogP contribution in [0.25, 0.3) is 11.6 Å². The second-order valence-corrected chi connectivity index (χ2v) is 8.32. The van der Waals surface area contributed by atoms with Crippen molar-refractivity contribution in [2.24, 2.45) is 0 Å². The Bertz CT molecular complexity index is 877. The summed E-state index contributed by atoms with van der Waals surface area (Å²) in [5.74, 6) is 0.497. The summed E-state index contributed by atoms with van der Waals surface area (Å²) in [5, 5.41) is 0.637. The molecule has 2 aromatic rings. The van der Waals surface area contributed by atoms with Gasteiger partial charge in [0.1, 0.15) is 11.9 Å². The van der Waals surface area contributed by atoms with Gasteiger partial charge < -0.3 is 14.4 Å². The molecule has 0 radical (unpaired) electrons. The highest BCUT2D eigenvalue weighted by Gasteiger charge is 2.40. The monoisotopic (exact) mass is 411 g/mol. The van der Waals surface area contributed by atoms with Gasteiger partial charge in [-0.05, 0) is 61.4 Å². The Kier molecular flexibility index (Phi) is 5.93. The second-order valence-electron chi connectivity index (χ2n) is 7.89. The number of nitrogens with zero attached hydrogens (tertiary/aromatic N) is 1. The average molecular weight is 412 g/mol. The smallest absolute Gasteiger partial charge is 0.339 e. The van der Waals surface area contributed by atoms with Crippen LogP contribution in [0.2, 0.25) is 5.02 Å². The van der Waals surface area contributed by atoms with E-state index in [9.17, 15) is 4.79 Å². The molecular weight excluding hydrogens is 386 g/mol.